The van der Waals surface area contributed by atoms with Crippen molar-refractivity contribution in [3.8, 4) is 0 Å². The fraction of sp³-hybridized carbons (Fsp3) is 0.0769. The molecule has 0 N–H and O–H groups in total. The zero-order valence-electron chi connectivity index (χ0n) is 11.5. The van der Waals surface area contributed by atoms with Gasteiger partial charge < -0.3 is 19.8 Å². The van der Waals surface area contributed by atoms with E-state index in [0.717, 1.165) is 0 Å². The van der Waals surface area contributed by atoms with E-state index in [1.165, 1.54) is 13.0 Å². The Kier molecular flexibility index (Phi) is 11.8. The Bertz CT molecular complexity index is 536. The van der Waals surface area contributed by atoms with E-state index in [1.807, 2.05) is 0 Å². The molecule has 0 saturated carbocycles. The van der Waals surface area contributed by atoms with E-state index in [9.17, 15) is 19.8 Å². The molecule has 0 amide bonds. The third-order valence-corrected chi connectivity index (χ3v) is 2.41. The number of hydrogen-bond acceptors (Lipinski definition) is 4. The molecule has 0 aliphatic carbocycles. The monoisotopic (exact) mass is 310 g/mol. The first kappa shape index (κ1) is 22.2. The summed E-state index contributed by atoms with van der Waals surface area (Å²) in [5, 5.41) is 21.8. The Hall–Kier alpha value is -0.0700. The summed E-state index contributed by atoms with van der Waals surface area (Å²) in [6, 6.07) is 6.41. The van der Waals surface area contributed by atoms with Gasteiger partial charge in [0, 0.05) is 10.6 Å². The molecule has 0 fully saturated rings. The molecular weight excluding hydrogens is 302 g/mol. The molecular formula is C13H9ClNa2O4. The molecule has 7 heteroatoms. The van der Waals surface area contributed by atoms with E-state index in [4.69, 9.17) is 11.6 Å². The van der Waals surface area contributed by atoms with Gasteiger partial charge in [0.1, 0.15) is 0 Å². The second-order valence-electron chi connectivity index (χ2n) is 3.54. The average molecular weight is 311 g/mol. The van der Waals surface area contributed by atoms with E-state index in [1.54, 1.807) is 24.3 Å². The van der Waals surface area contributed by atoms with Crippen molar-refractivity contribution >= 4 is 29.6 Å². The van der Waals surface area contributed by atoms with Crippen LogP contribution < -0.4 is 69.3 Å². The number of carbonyl (C=O) groups excluding carboxylic acids is 2. The van der Waals surface area contributed by atoms with Gasteiger partial charge in [-0.05, 0) is 42.3 Å². The first-order valence-electron chi connectivity index (χ1n) is 4.98. The van der Waals surface area contributed by atoms with Crippen LogP contribution in [-0.4, -0.2) is 11.9 Å². The average Bonchev–Trinajstić information content (AvgIpc) is 2.26. The summed E-state index contributed by atoms with van der Waals surface area (Å²) < 4.78 is 0. The molecule has 0 spiro atoms. The summed E-state index contributed by atoms with van der Waals surface area (Å²) in [6.07, 6.45) is 2.01. The van der Waals surface area contributed by atoms with Crippen molar-refractivity contribution in [1.29, 1.82) is 0 Å². The summed E-state index contributed by atoms with van der Waals surface area (Å²) in [6.45, 7) is 1.35. The van der Waals surface area contributed by atoms with Crippen LogP contribution in [0.25, 0.3) is 6.08 Å². The summed E-state index contributed by atoms with van der Waals surface area (Å²) >= 11 is 5.70. The van der Waals surface area contributed by atoms with Gasteiger partial charge in [-0.15, -0.1) is 0 Å². The maximum Gasteiger partial charge on any atom is 1.00 e. The Labute approximate surface area is 166 Å². The van der Waals surface area contributed by atoms with Crippen molar-refractivity contribution in [2.24, 2.45) is 0 Å². The van der Waals surface area contributed by atoms with Gasteiger partial charge in [0.2, 0.25) is 0 Å². The molecule has 4 nitrogen and oxygen atoms in total. The Morgan fingerprint density at radius 2 is 1.60 bits per heavy atom. The van der Waals surface area contributed by atoms with Crippen LogP contribution in [0, 0.1) is 0 Å². The molecule has 94 valence electrons. The maximum atomic E-state index is 10.9. The number of aliphatic carboxylic acids is 2. The van der Waals surface area contributed by atoms with Crippen LogP contribution in [0.5, 0.6) is 0 Å². The Morgan fingerprint density at radius 3 is 2.00 bits per heavy atom. The standard InChI is InChI=1S/C13H11ClO4.2Na/c1-8(6-12(15)16)11(13(17)18)7-9-2-4-10(14)5-3-9;;/h2-7H,1H3,(H,15,16)(H,17,18);;/q;2*+1/p-2/b8-6+,11-7+;;. The smallest absolute Gasteiger partial charge is 0.545 e. The molecule has 0 aliphatic rings. The van der Waals surface area contributed by atoms with E-state index in [2.05, 4.69) is 0 Å². The van der Waals surface area contributed by atoms with Gasteiger partial charge in [-0.2, -0.15) is 0 Å². The molecule has 0 radical (unpaired) electrons. The minimum atomic E-state index is -1.46. The first-order chi connectivity index (χ1) is 8.40. The van der Waals surface area contributed by atoms with Crippen molar-refractivity contribution in [3.63, 3.8) is 0 Å². The van der Waals surface area contributed by atoms with E-state index in [0.29, 0.717) is 16.7 Å². The molecule has 0 aliphatic heterocycles. The van der Waals surface area contributed by atoms with Crippen LogP contribution in [-0.2, 0) is 9.59 Å². The summed E-state index contributed by atoms with van der Waals surface area (Å²) in [5.41, 5.74) is 0.399. The third kappa shape index (κ3) is 7.64. The van der Waals surface area contributed by atoms with E-state index < -0.39 is 11.9 Å². The largest absolute Gasteiger partial charge is 1.00 e. The molecule has 0 bridgehead atoms. The predicted molar refractivity (Wildman–Crippen MR) is 63.2 cm³/mol. The zero-order chi connectivity index (χ0) is 13.7. The fourth-order valence-electron chi connectivity index (χ4n) is 1.31. The van der Waals surface area contributed by atoms with Crippen molar-refractivity contribution in [1.82, 2.24) is 0 Å². The number of carboxylic acids is 2. The minimum absolute atomic E-state index is 0. The van der Waals surface area contributed by atoms with Crippen molar-refractivity contribution in [2.75, 3.05) is 0 Å². The number of carboxylic acid groups (broad SMARTS) is 2. The van der Waals surface area contributed by atoms with Gasteiger partial charge in [-0.3, -0.25) is 0 Å². The number of hydrogen-bond donors (Lipinski definition) is 0. The van der Waals surface area contributed by atoms with Crippen molar-refractivity contribution in [2.45, 2.75) is 6.92 Å². The Morgan fingerprint density at radius 1 is 1.10 bits per heavy atom. The van der Waals surface area contributed by atoms with Crippen molar-refractivity contribution in [3.05, 3.63) is 52.1 Å². The van der Waals surface area contributed by atoms with Crippen LogP contribution >= 0.6 is 11.6 Å². The summed E-state index contributed by atoms with van der Waals surface area (Å²) in [4.78, 5) is 21.3. The fourth-order valence-corrected chi connectivity index (χ4v) is 1.44. The van der Waals surface area contributed by atoms with Gasteiger partial charge in [-0.1, -0.05) is 23.7 Å². The topological polar surface area (TPSA) is 80.3 Å². The third-order valence-electron chi connectivity index (χ3n) is 2.16. The predicted octanol–water partition coefficient (Wildman–Crippen LogP) is -5.82. The van der Waals surface area contributed by atoms with Gasteiger partial charge >= 0.3 is 59.1 Å². The maximum absolute atomic E-state index is 10.9. The van der Waals surface area contributed by atoms with Crippen LogP contribution in [0.15, 0.2) is 41.5 Å². The second-order valence-corrected chi connectivity index (χ2v) is 3.98. The SMILES string of the molecule is CC(=C\C(=O)[O-])/C(=C\c1ccc(Cl)cc1)C(=O)[O-].[Na+].[Na+]. The Balaban J connectivity index is 0. The second kappa shape index (κ2) is 10.6. The van der Waals surface area contributed by atoms with E-state index in [-0.39, 0.29) is 70.3 Å². The first-order valence-corrected chi connectivity index (χ1v) is 5.36. The zero-order valence-corrected chi connectivity index (χ0v) is 16.2. The molecule has 0 saturated heterocycles. The van der Waals surface area contributed by atoms with Crippen molar-refractivity contribution < 1.29 is 78.9 Å². The van der Waals surface area contributed by atoms with E-state index >= 15 is 0 Å². The normalized spacial score (nSPS) is 11.1. The minimum Gasteiger partial charge on any atom is -0.545 e. The number of carbonyl (C=O) groups is 2. The van der Waals surface area contributed by atoms with Gasteiger partial charge in [-0.25, -0.2) is 0 Å². The van der Waals surface area contributed by atoms with Crippen LogP contribution in [0.1, 0.15) is 12.5 Å². The number of benzene rings is 1. The summed E-state index contributed by atoms with van der Waals surface area (Å²) in [5.74, 6) is -2.92. The summed E-state index contributed by atoms with van der Waals surface area (Å²) in [7, 11) is 0. The van der Waals surface area contributed by atoms with Crippen LogP contribution in [0.3, 0.4) is 0 Å². The molecule has 0 unspecified atom stereocenters. The van der Waals surface area contributed by atoms with Gasteiger partial charge in [0.25, 0.3) is 0 Å². The van der Waals surface area contributed by atoms with Crippen LogP contribution in [0.4, 0.5) is 0 Å². The molecule has 1 rings (SSSR count). The molecule has 1 aromatic rings. The molecule has 20 heavy (non-hydrogen) atoms. The molecule has 0 heterocycles. The number of rotatable bonds is 4. The molecule has 1 aromatic carbocycles. The quantitative estimate of drug-likeness (QED) is 0.315. The molecule has 0 atom stereocenters. The van der Waals surface area contributed by atoms with Gasteiger partial charge in [0.05, 0.1) is 11.9 Å². The van der Waals surface area contributed by atoms with Gasteiger partial charge in [0.15, 0.2) is 0 Å². The number of halogens is 1. The van der Waals surface area contributed by atoms with Crippen LogP contribution in [0.2, 0.25) is 5.02 Å². The molecule has 0 aromatic heterocycles.